The van der Waals surface area contributed by atoms with Crippen LogP contribution in [0.3, 0.4) is 0 Å². The summed E-state index contributed by atoms with van der Waals surface area (Å²) < 4.78 is 13.8. The van der Waals surface area contributed by atoms with E-state index in [1.165, 1.54) is 5.56 Å². The molecule has 3 aromatic rings. The Morgan fingerprint density at radius 2 is 1.88 bits per heavy atom. The number of benzene rings is 2. The summed E-state index contributed by atoms with van der Waals surface area (Å²) in [6.45, 7) is 9.79. The lowest BCUT2D eigenvalue weighted by molar-refractivity contribution is -0.0621. The third kappa shape index (κ3) is 6.53. The number of likely N-dealkylation sites (tertiary alicyclic amines) is 1. The molecule has 1 atom stereocenters. The zero-order chi connectivity index (χ0) is 24.1. The SMILES string of the molecule is Cc1cnn(CCOc2cccc(CN3CCC[C@@](O)(COc4cc(C)c(Cl)c(C)c4)C3)c2)c1. The van der Waals surface area contributed by atoms with Crippen molar-refractivity contribution in [3.05, 3.63) is 76.1 Å². The number of aryl methyl sites for hydroxylation is 3. The molecule has 1 saturated heterocycles. The second-order valence-corrected chi connectivity index (χ2v) is 9.85. The maximum atomic E-state index is 11.2. The highest BCUT2D eigenvalue weighted by molar-refractivity contribution is 6.32. The van der Waals surface area contributed by atoms with E-state index in [1.54, 1.807) is 0 Å². The van der Waals surface area contributed by atoms with Gasteiger partial charge >= 0.3 is 0 Å². The molecule has 1 N–H and O–H groups in total. The summed E-state index contributed by atoms with van der Waals surface area (Å²) in [5.74, 6) is 1.60. The van der Waals surface area contributed by atoms with Gasteiger partial charge in [-0.3, -0.25) is 9.58 Å². The third-order valence-corrected chi connectivity index (χ3v) is 6.80. The van der Waals surface area contributed by atoms with Crippen molar-refractivity contribution >= 4 is 11.6 Å². The Morgan fingerprint density at radius 1 is 1.09 bits per heavy atom. The van der Waals surface area contributed by atoms with Crippen LogP contribution in [0, 0.1) is 20.8 Å². The summed E-state index contributed by atoms with van der Waals surface area (Å²) in [6.07, 6.45) is 5.52. The maximum absolute atomic E-state index is 11.2. The number of rotatable bonds is 9. The molecular weight excluding hydrogens is 450 g/mol. The maximum Gasteiger partial charge on any atom is 0.120 e. The fourth-order valence-corrected chi connectivity index (χ4v) is 4.61. The molecule has 6 nitrogen and oxygen atoms in total. The summed E-state index contributed by atoms with van der Waals surface area (Å²) in [5.41, 5.74) is 3.40. The second kappa shape index (κ2) is 10.8. The summed E-state index contributed by atoms with van der Waals surface area (Å²) in [6, 6.07) is 12.0. The molecule has 0 bridgehead atoms. The van der Waals surface area contributed by atoms with Gasteiger partial charge in [0.05, 0.1) is 12.7 Å². The van der Waals surface area contributed by atoms with Gasteiger partial charge in [-0.1, -0.05) is 23.7 Å². The number of piperidine rings is 1. The van der Waals surface area contributed by atoms with Gasteiger partial charge in [-0.15, -0.1) is 0 Å². The van der Waals surface area contributed by atoms with Crippen LogP contribution in [0.15, 0.2) is 48.8 Å². The molecule has 1 aliphatic heterocycles. The minimum atomic E-state index is -0.879. The molecule has 7 heteroatoms. The first kappa shape index (κ1) is 24.6. The Bertz CT molecular complexity index is 1090. The molecule has 34 heavy (non-hydrogen) atoms. The molecule has 0 radical (unpaired) electrons. The van der Waals surface area contributed by atoms with Crippen LogP contribution in [-0.2, 0) is 13.1 Å². The number of halogens is 1. The lowest BCUT2D eigenvalue weighted by Crippen LogP contribution is -2.51. The number of aromatic nitrogens is 2. The van der Waals surface area contributed by atoms with E-state index in [9.17, 15) is 5.11 Å². The topological polar surface area (TPSA) is 59.8 Å². The van der Waals surface area contributed by atoms with Gasteiger partial charge in [0.25, 0.3) is 0 Å². The summed E-state index contributed by atoms with van der Waals surface area (Å²) >= 11 is 6.27. The van der Waals surface area contributed by atoms with Crippen molar-refractivity contribution in [2.45, 2.75) is 52.3 Å². The van der Waals surface area contributed by atoms with Gasteiger partial charge in [-0.05, 0) is 86.7 Å². The van der Waals surface area contributed by atoms with Crippen LogP contribution in [0.2, 0.25) is 5.02 Å². The largest absolute Gasteiger partial charge is 0.492 e. The van der Waals surface area contributed by atoms with Crippen LogP contribution < -0.4 is 9.47 Å². The molecule has 0 unspecified atom stereocenters. The van der Waals surface area contributed by atoms with Crippen molar-refractivity contribution < 1.29 is 14.6 Å². The van der Waals surface area contributed by atoms with Gasteiger partial charge in [0.15, 0.2) is 0 Å². The monoisotopic (exact) mass is 483 g/mol. The Morgan fingerprint density at radius 3 is 2.62 bits per heavy atom. The van der Waals surface area contributed by atoms with E-state index in [4.69, 9.17) is 21.1 Å². The number of nitrogens with zero attached hydrogens (tertiary/aromatic N) is 3. The zero-order valence-corrected chi connectivity index (χ0v) is 21.0. The van der Waals surface area contributed by atoms with Gasteiger partial charge in [0.2, 0.25) is 0 Å². The van der Waals surface area contributed by atoms with Crippen molar-refractivity contribution in [3.63, 3.8) is 0 Å². The Balaban J connectivity index is 1.30. The van der Waals surface area contributed by atoms with Crippen molar-refractivity contribution in [1.82, 2.24) is 14.7 Å². The van der Waals surface area contributed by atoms with Crippen LogP contribution in [0.25, 0.3) is 0 Å². The van der Waals surface area contributed by atoms with Gasteiger partial charge in [0, 0.05) is 24.3 Å². The predicted molar refractivity (Wildman–Crippen MR) is 135 cm³/mol. The first-order valence-corrected chi connectivity index (χ1v) is 12.2. The lowest BCUT2D eigenvalue weighted by atomic mass is 9.93. The molecule has 0 saturated carbocycles. The normalized spacial score (nSPS) is 18.7. The van der Waals surface area contributed by atoms with E-state index < -0.39 is 5.60 Å². The molecule has 1 aliphatic rings. The molecule has 2 heterocycles. The van der Waals surface area contributed by atoms with Gasteiger partial charge in [-0.25, -0.2) is 0 Å². The van der Waals surface area contributed by atoms with Crippen molar-refractivity contribution in [2.75, 3.05) is 26.3 Å². The minimum Gasteiger partial charge on any atom is -0.492 e. The summed E-state index contributed by atoms with van der Waals surface area (Å²) in [4.78, 5) is 2.29. The molecule has 1 aromatic heterocycles. The van der Waals surface area contributed by atoms with E-state index in [0.29, 0.717) is 19.7 Å². The number of hydrogen-bond acceptors (Lipinski definition) is 5. The molecule has 0 spiro atoms. The van der Waals surface area contributed by atoms with Gasteiger partial charge in [0.1, 0.15) is 30.3 Å². The predicted octanol–water partition coefficient (Wildman–Crippen LogP) is 4.95. The average molecular weight is 484 g/mol. The van der Waals surface area contributed by atoms with Crippen LogP contribution in [-0.4, -0.2) is 51.7 Å². The van der Waals surface area contributed by atoms with Crippen LogP contribution in [0.1, 0.15) is 35.1 Å². The highest BCUT2D eigenvalue weighted by atomic mass is 35.5. The highest BCUT2D eigenvalue weighted by Gasteiger charge is 2.34. The summed E-state index contributed by atoms with van der Waals surface area (Å²) in [5, 5.41) is 16.3. The fourth-order valence-electron chi connectivity index (χ4n) is 4.50. The first-order chi connectivity index (χ1) is 16.3. The van der Waals surface area contributed by atoms with E-state index in [-0.39, 0.29) is 6.61 Å². The molecule has 4 rings (SSSR count). The Labute approximate surface area is 207 Å². The Hall–Kier alpha value is -2.54. The van der Waals surface area contributed by atoms with Crippen molar-refractivity contribution in [1.29, 1.82) is 0 Å². The second-order valence-electron chi connectivity index (χ2n) is 9.47. The number of aliphatic hydroxyl groups is 1. The highest BCUT2D eigenvalue weighted by Crippen LogP contribution is 2.28. The van der Waals surface area contributed by atoms with Crippen molar-refractivity contribution in [3.8, 4) is 11.5 Å². The molecule has 2 aromatic carbocycles. The lowest BCUT2D eigenvalue weighted by Gasteiger charge is -2.39. The number of β-amino-alcohol motifs (C(OH)–C–C–N with tert-alkyl or cyclic N) is 1. The first-order valence-electron chi connectivity index (χ1n) is 11.8. The van der Waals surface area contributed by atoms with E-state index in [1.807, 2.05) is 62.1 Å². The van der Waals surface area contributed by atoms with Crippen molar-refractivity contribution in [2.24, 2.45) is 0 Å². The summed E-state index contributed by atoms with van der Waals surface area (Å²) in [7, 11) is 0. The fraction of sp³-hybridized carbons (Fsp3) is 0.444. The molecule has 1 fully saturated rings. The number of hydrogen-bond donors (Lipinski definition) is 1. The third-order valence-electron chi connectivity index (χ3n) is 6.21. The Kier molecular flexibility index (Phi) is 7.81. The van der Waals surface area contributed by atoms with E-state index in [0.717, 1.165) is 59.1 Å². The number of ether oxygens (including phenoxy) is 2. The smallest absolute Gasteiger partial charge is 0.120 e. The molecule has 0 aliphatic carbocycles. The molecule has 0 amide bonds. The van der Waals surface area contributed by atoms with E-state index >= 15 is 0 Å². The quantitative estimate of drug-likeness (QED) is 0.466. The molecular formula is C27H34ClN3O3. The zero-order valence-electron chi connectivity index (χ0n) is 20.3. The van der Waals surface area contributed by atoms with Gasteiger partial charge < -0.3 is 14.6 Å². The van der Waals surface area contributed by atoms with Crippen LogP contribution >= 0.6 is 11.6 Å². The van der Waals surface area contributed by atoms with Crippen LogP contribution in [0.5, 0.6) is 11.5 Å². The molecule has 182 valence electrons. The van der Waals surface area contributed by atoms with E-state index in [2.05, 4.69) is 22.1 Å². The van der Waals surface area contributed by atoms with Gasteiger partial charge in [-0.2, -0.15) is 5.10 Å². The standard InChI is InChI=1S/C27H34ClN3O3/c1-20-15-29-31(16-20)10-11-33-24-7-4-6-23(14-24)17-30-9-5-8-27(32,18-30)19-34-25-12-21(2)26(28)22(3)13-25/h4,6-7,12-16,32H,5,8-11,17-19H2,1-3H3/t27-/m0/s1. The average Bonchev–Trinajstić information content (AvgIpc) is 3.21. The van der Waals surface area contributed by atoms with Crippen LogP contribution in [0.4, 0.5) is 0 Å². The minimum absolute atomic E-state index is 0.264.